The molecule has 1 amide bonds. The first-order valence-electron chi connectivity index (χ1n) is 9.41. The summed E-state index contributed by atoms with van der Waals surface area (Å²) in [5.41, 5.74) is 1.63. The normalized spacial score (nSPS) is 10.8. The Hall–Kier alpha value is -3.65. The van der Waals surface area contributed by atoms with Crippen LogP contribution in [0.3, 0.4) is 0 Å². The van der Waals surface area contributed by atoms with E-state index in [0.717, 1.165) is 5.56 Å². The zero-order valence-electron chi connectivity index (χ0n) is 16.5. The van der Waals surface area contributed by atoms with Crippen molar-refractivity contribution in [1.29, 1.82) is 0 Å². The molecule has 0 fully saturated rings. The van der Waals surface area contributed by atoms with Gasteiger partial charge in [-0.1, -0.05) is 28.9 Å². The van der Waals surface area contributed by atoms with Crippen LogP contribution in [0.5, 0.6) is 5.75 Å². The molecule has 2 aromatic heterocycles. The Morgan fingerprint density at radius 1 is 1.16 bits per heavy atom. The van der Waals surface area contributed by atoms with Crippen LogP contribution in [0.15, 0.2) is 65.3 Å². The van der Waals surface area contributed by atoms with Crippen LogP contribution in [0.1, 0.15) is 27.4 Å². The lowest BCUT2D eigenvalue weighted by atomic mass is 10.2. The smallest absolute Gasteiger partial charge is 0.279 e. The van der Waals surface area contributed by atoms with Gasteiger partial charge in [0.15, 0.2) is 11.5 Å². The summed E-state index contributed by atoms with van der Waals surface area (Å²) in [4.78, 5) is 12.7. The fourth-order valence-electron chi connectivity index (χ4n) is 2.89. The summed E-state index contributed by atoms with van der Waals surface area (Å²) in [6.07, 6.45) is 1.76. The number of rotatable bonds is 7. The molecule has 0 bridgehead atoms. The van der Waals surface area contributed by atoms with Gasteiger partial charge in [0.2, 0.25) is 0 Å². The molecule has 0 saturated heterocycles. The van der Waals surface area contributed by atoms with Crippen LogP contribution in [0, 0.1) is 12.7 Å². The molecule has 158 valence electrons. The van der Waals surface area contributed by atoms with Crippen LogP contribution in [0.4, 0.5) is 10.2 Å². The molecule has 1 N–H and O–H groups in total. The molecule has 31 heavy (non-hydrogen) atoms. The standard InChI is InChI=1S/C22H18ClFN4O3/c1-14-19(13-30-18-8-6-17(24)7-9-18)21(27-31-14)22(29)25-20-10-11-28(26-20)12-15-2-4-16(23)5-3-15/h2-11H,12-13H2,1H3,(H,25,26,29). The molecular formula is C22H18ClFN4O3. The number of carbonyl (C=O) groups excluding carboxylic acids is 1. The highest BCUT2D eigenvalue weighted by molar-refractivity contribution is 6.30. The number of hydrogen-bond acceptors (Lipinski definition) is 5. The van der Waals surface area contributed by atoms with Gasteiger partial charge in [-0.05, 0) is 48.9 Å². The minimum Gasteiger partial charge on any atom is -0.489 e. The molecule has 0 unspecified atom stereocenters. The van der Waals surface area contributed by atoms with E-state index < -0.39 is 5.91 Å². The van der Waals surface area contributed by atoms with Crippen molar-refractivity contribution in [1.82, 2.24) is 14.9 Å². The predicted molar refractivity (Wildman–Crippen MR) is 113 cm³/mol. The lowest BCUT2D eigenvalue weighted by molar-refractivity contribution is 0.101. The lowest BCUT2D eigenvalue weighted by Crippen LogP contribution is -2.16. The molecule has 9 heteroatoms. The van der Waals surface area contributed by atoms with Crippen molar-refractivity contribution in [2.45, 2.75) is 20.1 Å². The third kappa shape index (κ3) is 5.10. The molecule has 0 spiro atoms. The maximum Gasteiger partial charge on any atom is 0.279 e. The van der Waals surface area contributed by atoms with Gasteiger partial charge in [-0.2, -0.15) is 5.10 Å². The van der Waals surface area contributed by atoms with E-state index in [-0.39, 0.29) is 18.1 Å². The summed E-state index contributed by atoms with van der Waals surface area (Å²) in [7, 11) is 0. The first-order chi connectivity index (χ1) is 15.0. The summed E-state index contributed by atoms with van der Waals surface area (Å²) in [6.45, 7) is 2.27. The summed E-state index contributed by atoms with van der Waals surface area (Å²) in [5.74, 6) is 0.482. The maximum absolute atomic E-state index is 13.0. The number of ether oxygens (including phenoxy) is 1. The van der Waals surface area contributed by atoms with E-state index >= 15 is 0 Å². The number of benzene rings is 2. The molecule has 0 aliphatic rings. The summed E-state index contributed by atoms with van der Waals surface area (Å²) >= 11 is 5.90. The molecule has 0 radical (unpaired) electrons. The van der Waals surface area contributed by atoms with Crippen molar-refractivity contribution >= 4 is 23.3 Å². The van der Waals surface area contributed by atoms with Gasteiger partial charge in [0.1, 0.15) is 23.9 Å². The third-order valence-electron chi connectivity index (χ3n) is 4.54. The maximum atomic E-state index is 13.0. The van der Waals surface area contributed by atoms with Gasteiger partial charge >= 0.3 is 0 Å². The van der Waals surface area contributed by atoms with Crippen LogP contribution >= 0.6 is 11.6 Å². The second-order valence-electron chi connectivity index (χ2n) is 6.79. The highest BCUT2D eigenvalue weighted by Crippen LogP contribution is 2.19. The highest BCUT2D eigenvalue weighted by Gasteiger charge is 2.21. The van der Waals surface area contributed by atoms with Gasteiger partial charge in [-0.15, -0.1) is 0 Å². The second kappa shape index (κ2) is 9.01. The van der Waals surface area contributed by atoms with Gasteiger partial charge in [0.05, 0.1) is 12.1 Å². The topological polar surface area (TPSA) is 82.2 Å². The van der Waals surface area contributed by atoms with Gasteiger partial charge in [0, 0.05) is 17.3 Å². The zero-order chi connectivity index (χ0) is 21.8. The van der Waals surface area contributed by atoms with Crippen LogP contribution < -0.4 is 10.1 Å². The number of amides is 1. The van der Waals surface area contributed by atoms with Gasteiger partial charge in [0.25, 0.3) is 5.91 Å². The van der Waals surface area contributed by atoms with Gasteiger partial charge in [-0.3, -0.25) is 9.48 Å². The van der Waals surface area contributed by atoms with Crippen molar-refractivity contribution in [2.75, 3.05) is 5.32 Å². The Bertz CT molecular complexity index is 1190. The number of aromatic nitrogens is 3. The van der Waals surface area contributed by atoms with E-state index in [4.69, 9.17) is 20.9 Å². The molecule has 7 nitrogen and oxygen atoms in total. The van der Waals surface area contributed by atoms with Crippen molar-refractivity contribution in [3.8, 4) is 5.75 Å². The highest BCUT2D eigenvalue weighted by atomic mass is 35.5. The Labute approximate surface area is 182 Å². The minimum absolute atomic E-state index is 0.0503. The van der Waals surface area contributed by atoms with E-state index in [1.165, 1.54) is 24.3 Å². The van der Waals surface area contributed by atoms with Crippen LogP contribution in [-0.2, 0) is 13.2 Å². The average molecular weight is 441 g/mol. The van der Waals surface area contributed by atoms with Gasteiger partial charge < -0.3 is 14.6 Å². The SMILES string of the molecule is Cc1onc(C(=O)Nc2ccn(Cc3ccc(Cl)cc3)n2)c1COc1ccc(F)cc1. The van der Waals surface area contributed by atoms with Crippen molar-refractivity contribution < 1.29 is 18.4 Å². The molecule has 0 saturated carbocycles. The first-order valence-corrected chi connectivity index (χ1v) is 9.78. The average Bonchev–Trinajstić information content (AvgIpc) is 3.35. The fourth-order valence-corrected chi connectivity index (χ4v) is 3.02. The summed E-state index contributed by atoms with van der Waals surface area (Å²) in [6, 6.07) is 14.7. The van der Waals surface area contributed by atoms with Crippen LogP contribution in [0.25, 0.3) is 0 Å². The van der Waals surface area contributed by atoms with E-state index in [1.54, 1.807) is 23.9 Å². The largest absolute Gasteiger partial charge is 0.489 e. The van der Waals surface area contributed by atoms with Crippen LogP contribution in [-0.4, -0.2) is 20.8 Å². The van der Waals surface area contributed by atoms with Gasteiger partial charge in [-0.25, -0.2) is 4.39 Å². The summed E-state index contributed by atoms with van der Waals surface area (Å²) in [5, 5.41) is 11.6. The minimum atomic E-state index is -0.466. The van der Waals surface area contributed by atoms with Crippen molar-refractivity contribution in [2.24, 2.45) is 0 Å². The molecule has 4 aromatic rings. The van der Waals surface area contributed by atoms with Crippen molar-refractivity contribution in [3.63, 3.8) is 0 Å². The number of nitrogens with zero attached hydrogens (tertiary/aromatic N) is 3. The number of anilines is 1. The van der Waals surface area contributed by atoms with E-state index in [1.807, 2.05) is 24.3 Å². The number of halogens is 2. The summed E-state index contributed by atoms with van der Waals surface area (Å²) < 4.78 is 25.5. The Morgan fingerprint density at radius 3 is 2.65 bits per heavy atom. The fraction of sp³-hybridized carbons (Fsp3) is 0.136. The molecule has 2 heterocycles. The predicted octanol–water partition coefficient (Wildman–Crippen LogP) is 4.85. The van der Waals surface area contributed by atoms with Crippen molar-refractivity contribution in [3.05, 3.63) is 94.2 Å². The molecule has 0 aliphatic heterocycles. The number of hydrogen-bond donors (Lipinski definition) is 1. The Balaban J connectivity index is 1.41. The Kier molecular flexibility index (Phi) is 5.99. The van der Waals surface area contributed by atoms with Crippen LogP contribution in [0.2, 0.25) is 5.02 Å². The van der Waals surface area contributed by atoms with E-state index in [2.05, 4.69) is 15.6 Å². The molecule has 0 atom stereocenters. The number of carbonyl (C=O) groups is 1. The Morgan fingerprint density at radius 2 is 1.90 bits per heavy atom. The second-order valence-corrected chi connectivity index (χ2v) is 7.22. The zero-order valence-corrected chi connectivity index (χ0v) is 17.3. The monoisotopic (exact) mass is 440 g/mol. The van der Waals surface area contributed by atoms with E-state index in [0.29, 0.717) is 34.5 Å². The first kappa shape index (κ1) is 20.6. The molecule has 0 aliphatic carbocycles. The molecule has 2 aromatic carbocycles. The number of aryl methyl sites for hydroxylation is 1. The quantitative estimate of drug-likeness (QED) is 0.444. The molecule has 4 rings (SSSR count). The number of nitrogens with one attached hydrogen (secondary N) is 1. The van der Waals surface area contributed by atoms with E-state index in [9.17, 15) is 9.18 Å². The molecular weight excluding hydrogens is 423 g/mol. The third-order valence-corrected chi connectivity index (χ3v) is 4.79. The lowest BCUT2D eigenvalue weighted by Gasteiger charge is -2.06.